The lowest BCUT2D eigenvalue weighted by atomic mass is 9.94. The van der Waals surface area contributed by atoms with Crippen LogP contribution in [0.2, 0.25) is 38.3 Å². The van der Waals surface area contributed by atoms with Crippen LogP contribution in [0.25, 0.3) is 0 Å². The summed E-state index contributed by atoms with van der Waals surface area (Å²) in [6.45, 7) is 16.4. The third kappa shape index (κ3) is 15.7. The minimum Gasteiger partial charge on any atom is -0.497 e. The van der Waals surface area contributed by atoms with Gasteiger partial charge in [0.05, 0.1) is 112 Å². The molecular weight excluding hydrogens is 1270 g/mol. The Bertz CT molecular complexity index is 2910. The number of rotatable bonds is 27. The number of methoxy groups -OCH3 is 1. The number of hydrogen-bond donors (Lipinski definition) is 0. The second-order valence-corrected chi connectivity index (χ2v) is 33.8. The molecule has 2 aromatic heterocycles. The second kappa shape index (κ2) is 27.5. The van der Waals surface area contributed by atoms with E-state index in [2.05, 4.69) is 152 Å². The van der Waals surface area contributed by atoms with E-state index in [1.807, 2.05) is 85.1 Å². The van der Waals surface area contributed by atoms with Crippen molar-refractivity contribution in [2.75, 3.05) is 26.9 Å². The van der Waals surface area contributed by atoms with Crippen LogP contribution in [0.3, 0.4) is 0 Å². The Morgan fingerprint density at radius 3 is 1.62 bits per heavy atom. The molecule has 5 aromatic carbocycles. The number of ether oxygens (including phenoxy) is 8. The number of furan rings is 2. The Morgan fingerprint density at radius 2 is 1.06 bits per heavy atom. The maximum absolute atomic E-state index is 6.81. The Balaban J connectivity index is 0.884. The summed E-state index contributed by atoms with van der Waals surface area (Å²) in [5, 5.41) is 2.04. The van der Waals surface area contributed by atoms with E-state index in [1.165, 1.54) is 0 Å². The van der Waals surface area contributed by atoms with Crippen LogP contribution in [0, 0.1) is 0 Å². The summed E-state index contributed by atoms with van der Waals surface area (Å²) in [5.74, 6) is 2.93. The molecule has 10 nitrogen and oxygen atoms in total. The van der Waals surface area contributed by atoms with E-state index in [-0.39, 0.29) is 24.4 Å². The highest BCUT2D eigenvalue weighted by molar-refractivity contribution is 9.14. The lowest BCUT2D eigenvalue weighted by molar-refractivity contribution is -0.204. The molecule has 1 fully saturated rings. The standard InChI is InChI=1S/C61H70Br4O10Si2/c1-42-56(73-40-44-19-13-9-14-20-44)51(72-39-43-17-11-8-12-18-43)37-50(75-42)49-28-31-71-60(49)77(6,7)36-34-69-58-54(64)52(62)57(53(63)55(58)65)68-33-35-76(4,5)59-46(27-30-70-59)38-61(2,74-41-45-21-15-10-16-22-45)29-32-67-48-25-23-47(66-3)24-26-48/h8-28,30-31,42,50-51,56H,29,32-41H2,1-7H3/t42-,50-,51-,56-,61+/m1/s1. The van der Waals surface area contributed by atoms with E-state index in [1.54, 1.807) is 13.4 Å². The van der Waals surface area contributed by atoms with Gasteiger partial charge in [0.1, 0.15) is 45.2 Å². The van der Waals surface area contributed by atoms with Gasteiger partial charge in [0, 0.05) is 24.8 Å². The highest BCUT2D eigenvalue weighted by Gasteiger charge is 2.42. The van der Waals surface area contributed by atoms with Gasteiger partial charge in [0.25, 0.3) is 0 Å². The number of benzene rings is 5. The maximum atomic E-state index is 6.81. The van der Waals surface area contributed by atoms with Crippen molar-refractivity contribution < 1.29 is 46.7 Å². The fraction of sp³-hybridized carbons (Fsp3) is 0.377. The first-order valence-corrected chi connectivity index (χ1v) is 35.8. The van der Waals surface area contributed by atoms with Crippen LogP contribution in [0.15, 0.2) is 167 Å². The minimum absolute atomic E-state index is 0.193. The number of hydrogen-bond acceptors (Lipinski definition) is 10. The molecule has 0 spiro atoms. The van der Waals surface area contributed by atoms with Gasteiger partial charge in [-0.15, -0.1) is 0 Å². The van der Waals surface area contributed by atoms with Crippen LogP contribution in [0.4, 0.5) is 0 Å². The topological polar surface area (TPSA) is 100 Å². The summed E-state index contributed by atoms with van der Waals surface area (Å²) in [5.41, 5.74) is 5.05. The quantitative estimate of drug-likeness (QED) is 0.0366. The predicted molar refractivity (Wildman–Crippen MR) is 324 cm³/mol. The van der Waals surface area contributed by atoms with E-state index < -0.39 is 21.7 Å². The molecular formula is C61H70Br4O10Si2. The van der Waals surface area contributed by atoms with E-state index in [4.69, 9.17) is 46.7 Å². The van der Waals surface area contributed by atoms with Gasteiger partial charge < -0.3 is 46.7 Å². The first-order valence-electron chi connectivity index (χ1n) is 26.2. The average Bonchev–Trinajstić information content (AvgIpc) is 4.14. The zero-order chi connectivity index (χ0) is 54.6. The molecule has 16 heteroatoms. The van der Waals surface area contributed by atoms with Gasteiger partial charge in [0.2, 0.25) is 0 Å². The monoisotopic (exact) mass is 1330 g/mol. The highest BCUT2D eigenvalue weighted by atomic mass is 79.9. The molecule has 0 aliphatic carbocycles. The lowest BCUT2D eigenvalue weighted by Crippen LogP contribution is -2.49. The normalized spacial score (nSPS) is 17.7. The first kappa shape index (κ1) is 59.2. The van der Waals surface area contributed by atoms with Gasteiger partial charge in [-0.05, 0) is 148 Å². The SMILES string of the molecule is COc1ccc(OCC[C@@](C)(Cc2ccoc2[Si](C)(C)CCOc2c(Br)c(Br)c(OCC[Si](C)(C)c3occc3[C@H]3C[C@@H](OCc4ccccc4)[C@H](OCc4ccccc4)[C@@H](C)O3)c(Br)c2Br)OCc2ccccc2)cc1. The number of halogens is 4. The van der Waals surface area contributed by atoms with Crippen LogP contribution in [0.1, 0.15) is 60.6 Å². The fourth-order valence-corrected chi connectivity index (χ4v) is 16.8. The third-order valence-electron chi connectivity index (χ3n) is 14.3. The molecule has 0 bridgehead atoms. The zero-order valence-electron chi connectivity index (χ0n) is 45.0. The summed E-state index contributed by atoms with van der Waals surface area (Å²) < 4.78 is 67.4. The van der Waals surface area contributed by atoms with Crippen LogP contribution < -0.4 is 29.7 Å². The van der Waals surface area contributed by atoms with Crippen molar-refractivity contribution in [3.63, 3.8) is 0 Å². The van der Waals surface area contributed by atoms with E-state index in [9.17, 15) is 0 Å². The molecule has 7 aromatic rings. The molecule has 1 aliphatic rings. The van der Waals surface area contributed by atoms with Crippen LogP contribution in [-0.2, 0) is 45.2 Å². The Morgan fingerprint density at radius 1 is 0.571 bits per heavy atom. The lowest BCUT2D eigenvalue weighted by Gasteiger charge is -2.41. The van der Waals surface area contributed by atoms with Crippen molar-refractivity contribution in [2.45, 2.75) is 121 Å². The molecule has 0 radical (unpaired) electrons. The third-order valence-corrected chi connectivity index (χ3v) is 24.7. The molecule has 0 N–H and O–H groups in total. The van der Waals surface area contributed by atoms with Gasteiger partial charge in [-0.25, -0.2) is 0 Å². The van der Waals surface area contributed by atoms with Gasteiger partial charge in [-0.1, -0.05) is 117 Å². The molecule has 0 saturated carbocycles. The summed E-state index contributed by atoms with van der Waals surface area (Å²) >= 11 is 15.4. The summed E-state index contributed by atoms with van der Waals surface area (Å²) in [7, 11) is -2.76. The van der Waals surface area contributed by atoms with Crippen molar-refractivity contribution in [2.24, 2.45) is 0 Å². The van der Waals surface area contributed by atoms with Crippen molar-refractivity contribution in [1.29, 1.82) is 0 Å². The molecule has 410 valence electrons. The molecule has 0 amide bonds. The molecule has 77 heavy (non-hydrogen) atoms. The average molecular weight is 1340 g/mol. The van der Waals surface area contributed by atoms with Crippen molar-refractivity contribution >= 4 is 90.6 Å². The second-order valence-electron chi connectivity index (χ2n) is 21.2. The summed E-state index contributed by atoms with van der Waals surface area (Å²) in [6, 6.07) is 44.3. The highest BCUT2D eigenvalue weighted by Crippen LogP contribution is 2.51. The minimum atomic E-state index is -2.23. The smallest absolute Gasteiger partial charge is 0.150 e. The van der Waals surface area contributed by atoms with Crippen molar-refractivity contribution in [3.8, 4) is 23.0 Å². The fourth-order valence-electron chi connectivity index (χ4n) is 9.77. The molecule has 0 unspecified atom stereocenters. The maximum Gasteiger partial charge on any atom is 0.150 e. The Kier molecular flexibility index (Phi) is 21.1. The largest absolute Gasteiger partial charge is 0.497 e. The molecule has 1 aliphatic heterocycles. The van der Waals surface area contributed by atoms with E-state index in [0.717, 1.165) is 80.1 Å². The van der Waals surface area contributed by atoms with E-state index in [0.29, 0.717) is 70.4 Å². The van der Waals surface area contributed by atoms with Crippen LogP contribution >= 0.6 is 63.7 Å². The van der Waals surface area contributed by atoms with Crippen LogP contribution in [0.5, 0.6) is 23.0 Å². The summed E-state index contributed by atoms with van der Waals surface area (Å²) in [6.07, 6.45) is 4.71. The molecule has 5 atom stereocenters. The molecule has 8 rings (SSSR count). The Hall–Kier alpha value is -3.95. The van der Waals surface area contributed by atoms with E-state index >= 15 is 0 Å². The summed E-state index contributed by atoms with van der Waals surface area (Å²) in [4.78, 5) is 0. The van der Waals surface area contributed by atoms with Crippen molar-refractivity contribution in [3.05, 3.63) is 186 Å². The van der Waals surface area contributed by atoms with Crippen LogP contribution in [-0.4, -0.2) is 67.0 Å². The molecule has 3 heterocycles. The van der Waals surface area contributed by atoms with Crippen molar-refractivity contribution in [1.82, 2.24) is 0 Å². The Labute approximate surface area is 490 Å². The van der Waals surface area contributed by atoms with Gasteiger partial charge >= 0.3 is 0 Å². The first-order chi connectivity index (χ1) is 37.0. The van der Waals surface area contributed by atoms with Gasteiger partial charge in [-0.2, -0.15) is 0 Å². The predicted octanol–water partition coefficient (Wildman–Crippen LogP) is 15.9. The van der Waals surface area contributed by atoms with Gasteiger partial charge in [-0.3, -0.25) is 0 Å². The van der Waals surface area contributed by atoms with Gasteiger partial charge in [0.15, 0.2) is 0 Å². The molecule has 1 saturated heterocycles. The zero-order valence-corrected chi connectivity index (χ0v) is 53.3.